The van der Waals surface area contributed by atoms with Crippen molar-refractivity contribution in [2.75, 3.05) is 13.3 Å². The standard InChI is InChI=1S/C10H21OP/c1-8(9-5-6-12-9)7-10(2,3)11-4/h8-9,12H,5-7H2,1-4H3. The van der Waals surface area contributed by atoms with Crippen LogP contribution in [0.3, 0.4) is 0 Å². The number of hydrogen-bond donors (Lipinski definition) is 0. The monoisotopic (exact) mass is 188 g/mol. The zero-order chi connectivity index (χ0) is 9.19. The van der Waals surface area contributed by atoms with Crippen molar-refractivity contribution < 1.29 is 4.74 Å². The van der Waals surface area contributed by atoms with E-state index >= 15 is 0 Å². The molecule has 0 aromatic carbocycles. The Kier molecular flexibility index (Phi) is 3.55. The van der Waals surface area contributed by atoms with Crippen molar-refractivity contribution in [1.29, 1.82) is 0 Å². The summed E-state index contributed by atoms with van der Waals surface area (Å²) in [7, 11) is 3.04. The molecule has 0 radical (unpaired) electrons. The minimum Gasteiger partial charge on any atom is -0.379 e. The van der Waals surface area contributed by atoms with Gasteiger partial charge in [-0.3, -0.25) is 0 Å². The van der Waals surface area contributed by atoms with Crippen LogP contribution in [0.25, 0.3) is 0 Å². The molecule has 0 saturated carbocycles. The third-order valence-corrected chi connectivity index (χ3v) is 4.87. The van der Waals surface area contributed by atoms with Crippen LogP contribution in [0.1, 0.15) is 33.6 Å². The van der Waals surface area contributed by atoms with Crippen LogP contribution in [0.4, 0.5) is 0 Å². The first-order valence-electron chi connectivity index (χ1n) is 4.84. The molecule has 2 heteroatoms. The summed E-state index contributed by atoms with van der Waals surface area (Å²) in [5.41, 5.74) is 1.10. The molecule has 0 bridgehead atoms. The lowest BCUT2D eigenvalue weighted by molar-refractivity contribution is 0.00315. The van der Waals surface area contributed by atoms with Gasteiger partial charge in [0.1, 0.15) is 0 Å². The zero-order valence-electron chi connectivity index (χ0n) is 8.68. The topological polar surface area (TPSA) is 9.23 Å². The number of ether oxygens (including phenoxy) is 1. The van der Waals surface area contributed by atoms with Crippen molar-refractivity contribution >= 4 is 8.58 Å². The van der Waals surface area contributed by atoms with Gasteiger partial charge in [0.15, 0.2) is 0 Å². The molecule has 1 heterocycles. The van der Waals surface area contributed by atoms with Gasteiger partial charge in [0.25, 0.3) is 0 Å². The van der Waals surface area contributed by atoms with Gasteiger partial charge in [0.05, 0.1) is 5.60 Å². The second-order valence-electron chi connectivity index (χ2n) is 4.49. The van der Waals surface area contributed by atoms with Crippen molar-refractivity contribution in [2.45, 2.75) is 44.9 Å². The van der Waals surface area contributed by atoms with E-state index in [9.17, 15) is 0 Å². The molecular weight excluding hydrogens is 167 g/mol. The maximum Gasteiger partial charge on any atom is 0.0625 e. The number of methoxy groups -OCH3 is 1. The molecule has 12 heavy (non-hydrogen) atoms. The molecule has 0 aromatic rings. The van der Waals surface area contributed by atoms with Gasteiger partial charge < -0.3 is 4.74 Å². The van der Waals surface area contributed by atoms with E-state index in [0.29, 0.717) is 0 Å². The highest BCUT2D eigenvalue weighted by Gasteiger charge is 2.28. The summed E-state index contributed by atoms with van der Waals surface area (Å²) < 4.78 is 5.43. The Balaban J connectivity index is 2.28. The van der Waals surface area contributed by atoms with Crippen molar-refractivity contribution in [1.82, 2.24) is 0 Å². The molecule has 1 nitrogen and oxygen atoms in total. The quantitative estimate of drug-likeness (QED) is 0.616. The predicted octanol–water partition coefficient (Wildman–Crippen LogP) is 2.89. The molecule has 0 spiro atoms. The molecule has 0 aliphatic carbocycles. The average Bonchev–Trinajstić information content (AvgIpc) is 1.82. The second kappa shape index (κ2) is 4.07. The van der Waals surface area contributed by atoms with Crippen molar-refractivity contribution in [3.05, 3.63) is 0 Å². The highest BCUT2D eigenvalue weighted by molar-refractivity contribution is 7.40. The fourth-order valence-electron chi connectivity index (χ4n) is 1.80. The molecule has 1 aliphatic heterocycles. The fraction of sp³-hybridized carbons (Fsp3) is 1.00. The summed E-state index contributed by atoms with van der Waals surface area (Å²) in [5, 5.41) is 0. The first kappa shape index (κ1) is 10.5. The van der Waals surface area contributed by atoms with Gasteiger partial charge in [0.2, 0.25) is 0 Å². The van der Waals surface area contributed by atoms with Crippen LogP contribution in [0.5, 0.6) is 0 Å². The smallest absolute Gasteiger partial charge is 0.0625 e. The Morgan fingerprint density at radius 3 is 2.50 bits per heavy atom. The average molecular weight is 188 g/mol. The highest BCUT2D eigenvalue weighted by Crippen LogP contribution is 2.42. The second-order valence-corrected chi connectivity index (χ2v) is 6.14. The number of rotatable bonds is 4. The Labute approximate surface area is 78.0 Å². The molecular formula is C10H21OP. The van der Waals surface area contributed by atoms with Crippen LogP contribution in [-0.2, 0) is 4.74 Å². The van der Waals surface area contributed by atoms with Gasteiger partial charge in [-0.2, -0.15) is 0 Å². The summed E-state index contributed by atoms with van der Waals surface area (Å²) in [5.74, 6) is 0.854. The summed E-state index contributed by atoms with van der Waals surface area (Å²) in [6.07, 6.45) is 4.14. The highest BCUT2D eigenvalue weighted by atomic mass is 31.1. The van der Waals surface area contributed by atoms with E-state index in [4.69, 9.17) is 4.74 Å². The van der Waals surface area contributed by atoms with Crippen LogP contribution in [0, 0.1) is 5.92 Å². The van der Waals surface area contributed by atoms with Crippen LogP contribution < -0.4 is 0 Å². The Hall–Kier alpha value is 0.390. The first-order valence-corrected chi connectivity index (χ1v) is 6.12. The zero-order valence-corrected chi connectivity index (χ0v) is 9.68. The van der Waals surface area contributed by atoms with E-state index in [1.54, 1.807) is 0 Å². The summed E-state index contributed by atoms with van der Waals surface area (Å²) >= 11 is 0. The molecule has 1 fully saturated rings. The van der Waals surface area contributed by atoms with Crippen LogP contribution in [-0.4, -0.2) is 24.5 Å². The minimum absolute atomic E-state index is 0.0828. The van der Waals surface area contributed by atoms with Crippen molar-refractivity contribution in [3.8, 4) is 0 Å². The van der Waals surface area contributed by atoms with E-state index in [1.165, 1.54) is 27.6 Å². The minimum atomic E-state index is 0.0828. The summed E-state index contributed by atoms with van der Waals surface area (Å²) in [6, 6.07) is 0. The molecule has 1 rings (SSSR count). The lowest BCUT2D eigenvalue weighted by Crippen LogP contribution is -2.31. The van der Waals surface area contributed by atoms with Crippen LogP contribution in [0.2, 0.25) is 0 Å². The Morgan fingerprint density at radius 2 is 2.17 bits per heavy atom. The van der Waals surface area contributed by atoms with E-state index < -0.39 is 0 Å². The van der Waals surface area contributed by atoms with E-state index in [2.05, 4.69) is 20.8 Å². The molecule has 0 amide bonds. The summed E-state index contributed by atoms with van der Waals surface area (Å²) in [4.78, 5) is 0. The Bertz CT molecular complexity index is 141. The molecule has 0 N–H and O–H groups in total. The SMILES string of the molecule is COC(C)(C)CC(C)C1CCP1. The maximum atomic E-state index is 5.43. The van der Waals surface area contributed by atoms with E-state index in [1.807, 2.05) is 7.11 Å². The third-order valence-electron chi connectivity index (χ3n) is 2.91. The van der Waals surface area contributed by atoms with Crippen LogP contribution >= 0.6 is 8.58 Å². The Morgan fingerprint density at radius 1 is 1.58 bits per heavy atom. The fourth-order valence-corrected chi connectivity index (χ4v) is 2.94. The van der Waals surface area contributed by atoms with E-state index in [-0.39, 0.29) is 5.60 Å². The summed E-state index contributed by atoms with van der Waals surface area (Å²) in [6.45, 7) is 6.74. The number of hydrogen-bond acceptors (Lipinski definition) is 1. The maximum absolute atomic E-state index is 5.43. The molecule has 0 aromatic heterocycles. The molecule has 1 saturated heterocycles. The van der Waals surface area contributed by atoms with E-state index in [0.717, 1.165) is 11.6 Å². The van der Waals surface area contributed by atoms with Crippen molar-refractivity contribution in [3.63, 3.8) is 0 Å². The van der Waals surface area contributed by atoms with Gasteiger partial charge in [0, 0.05) is 7.11 Å². The van der Waals surface area contributed by atoms with Crippen molar-refractivity contribution in [2.24, 2.45) is 5.92 Å². The molecule has 3 atom stereocenters. The van der Waals surface area contributed by atoms with Gasteiger partial charge in [-0.15, -0.1) is 8.58 Å². The van der Waals surface area contributed by atoms with Gasteiger partial charge in [-0.25, -0.2) is 0 Å². The van der Waals surface area contributed by atoms with Gasteiger partial charge in [-0.1, -0.05) is 6.92 Å². The van der Waals surface area contributed by atoms with Gasteiger partial charge in [-0.05, 0) is 44.4 Å². The predicted molar refractivity (Wildman–Crippen MR) is 56.5 cm³/mol. The molecule has 72 valence electrons. The molecule has 3 unspecified atom stereocenters. The normalized spacial score (nSPS) is 28.5. The third kappa shape index (κ3) is 2.71. The van der Waals surface area contributed by atoms with Crippen LogP contribution in [0.15, 0.2) is 0 Å². The first-order chi connectivity index (χ1) is 5.55. The largest absolute Gasteiger partial charge is 0.379 e. The lowest BCUT2D eigenvalue weighted by Gasteiger charge is -2.36. The molecule has 1 aliphatic rings. The van der Waals surface area contributed by atoms with Gasteiger partial charge >= 0.3 is 0 Å². The lowest BCUT2D eigenvalue weighted by atomic mass is 9.91.